The van der Waals surface area contributed by atoms with Gasteiger partial charge in [-0.3, -0.25) is 61.7 Å². The summed E-state index contributed by atoms with van der Waals surface area (Å²) in [5, 5.41) is 57.8. The van der Waals surface area contributed by atoms with E-state index in [4.69, 9.17) is 46.4 Å². The highest BCUT2D eigenvalue weighted by molar-refractivity contribution is 7.98. The number of halogens is 4. The molecule has 0 aliphatic carbocycles. The zero-order valence-corrected chi connectivity index (χ0v) is 84.0. The van der Waals surface area contributed by atoms with Crippen LogP contribution < -0.4 is 21.3 Å². The molecule has 0 bridgehead atoms. The number of carbonyl (C=O) groups excluding carboxylic acids is 12. The zero-order chi connectivity index (χ0) is 103. The van der Waals surface area contributed by atoms with Gasteiger partial charge >= 0.3 is 0 Å². The van der Waals surface area contributed by atoms with E-state index in [1.54, 1.807) is 229 Å². The standard InChI is InChI=1S/C27H31ClN6O3.C26H24ClN7O3.C24H24ClN5O4S.C24H24ClN5O3S/c1-19(35)21-9-7-20(8-10-21)16-26(36)24(6-4-5-15-33(2)3)30-27(37)14-11-22-17-23(28)12-13-25(22)34-18-29-31-32-34;1-17(35)19-5-3-18(4-6-19)11-25(36)23(13-22-14-28-15-33(22)2)30-26(37)10-7-20-12-21(27)8-9-24(20)34-16-29-31-32-34;1-16(31)18-5-3-17(4-6-18)13-23(32)21(11-12-35(2)34)27-24(33)10-7-19-14-20(25)8-9-22(19)30-15-26-28-29-30;1-16(31)18-5-3-17(4-6-18)13-23(32)21(11-12-34-2)27-24(33)10-7-19-14-20(25)8-9-22(19)30-15-26-28-29-30/h7-14,17-18,24H,4-6,15-16H2,1-3H3,(H,30,37);3-10,12,14-16,23H,11,13H2,1-2H3,(H,30,37);3-10,14-15,21H,11-13H2,1-2H3,(H,27,33);3-10,14-15,21H,11-13H2,1-2H3,(H,27,33)/b14-11+;3*10-7+/t24-;23-;21-,35?;21-/m0000/s1. The summed E-state index contributed by atoms with van der Waals surface area (Å²) < 4.78 is 19.3. The number of tetrazole rings is 4. The van der Waals surface area contributed by atoms with Crippen molar-refractivity contribution in [3.63, 3.8) is 0 Å². The third-order valence-corrected chi connectivity index (χ3v) is 24.2. The van der Waals surface area contributed by atoms with Gasteiger partial charge in [0.2, 0.25) is 23.6 Å². The maximum absolute atomic E-state index is 13.3. The molecule has 740 valence electrons. The lowest BCUT2D eigenvalue weighted by Gasteiger charge is -2.18. The minimum atomic E-state index is -1.12. The van der Waals surface area contributed by atoms with Gasteiger partial charge in [0.25, 0.3) is 0 Å². The van der Waals surface area contributed by atoms with Crippen LogP contribution in [0.4, 0.5) is 0 Å². The van der Waals surface area contributed by atoms with Crippen LogP contribution in [0.5, 0.6) is 0 Å². The number of Topliss-reactive ketones (excluding diaryl/α,β-unsaturated/α-hetero) is 8. The van der Waals surface area contributed by atoms with Crippen molar-refractivity contribution < 1.29 is 61.7 Å². The number of rotatable bonds is 45. The van der Waals surface area contributed by atoms with Crippen molar-refractivity contribution in [1.29, 1.82) is 0 Å². The maximum atomic E-state index is 13.3. The summed E-state index contributed by atoms with van der Waals surface area (Å²) in [4.78, 5) is 156. The van der Waals surface area contributed by atoms with E-state index in [1.807, 2.05) is 27.4 Å². The van der Waals surface area contributed by atoms with Gasteiger partial charge in [0, 0.05) is 163 Å². The van der Waals surface area contributed by atoms with Gasteiger partial charge < -0.3 is 30.7 Å². The number of thioether (sulfide) groups is 1. The van der Waals surface area contributed by atoms with Crippen LogP contribution in [0.25, 0.3) is 47.1 Å². The van der Waals surface area contributed by atoms with Crippen LogP contribution in [-0.4, -0.2) is 238 Å². The smallest absolute Gasteiger partial charge is 0.244 e. The SMILES string of the molecule is CC(=O)c1ccc(CC(=O)[C@H](CCCCN(C)C)NC(=O)/C=C/c2cc(Cl)ccc2-n2cnnn2)cc1.CC(=O)c1ccc(CC(=O)[C@H](CCS(C)=O)NC(=O)/C=C/c2cc(Cl)ccc2-n2cnnn2)cc1.CC(=O)c1ccc(CC(=O)[C@H](Cc2cncn2C)NC(=O)/C=C/c2cc(Cl)ccc2-n2cnnn2)cc1.CSCC[C@H](NC(=O)/C=C/c1cc(Cl)ccc1-n1cnnn1)C(=O)Cc1ccc(C(C)=O)cc1. The molecule has 0 aliphatic rings. The summed E-state index contributed by atoms with van der Waals surface area (Å²) >= 11 is 26.1. The minimum absolute atomic E-state index is 0.0290. The van der Waals surface area contributed by atoms with Crippen molar-refractivity contribution in [2.75, 3.05) is 44.7 Å². The van der Waals surface area contributed by atoms with Gasteiger partial charge in [-0.1, -0.05) is 143 Å². The van der Waals surface area contributed by atoms with Crippen LogP contribution >= 0.6 is 58.2 Å². The van der Waals surface area contributed by atoms with E-state index in [1.165, 1.54) is 96.0 Å². The van der Waals surface area contributed by atoms with Gasteiger partial charge in [-0.25, -0.2) is 4.98 Å². The Morgan fingerprint density at radius 1 is 0.392 bits per heavy atom. The van der Waals surface area contributed by atoms with Crippen molar-refractivity contribution in [1.82, 2.24) is 117 Å². The average Bonchev–Trinajstić information content (AvgIpc) is 1.81. The van der Waals surface area contributed by atoms with Crippen LogP contribution in [0, 0.1) is 0 Å². The Hall–Kier alpha value is -14.9. The molecule has 13 rings (SSSR count). The van der Waals surface area contributed by atoms with E-state index >= 15 is 0 Å². The van der Waals surface area contributed by atoms with Crippen LogP contribution in [0.15, 0.2) is 232 Å². The number of aryl methyl sites for hydroxylation is 1. The predicted octanol–water partition coefficient (Wildman–Crippen LogP) is 12.5. The second-order valence-corrected chi connectivity index (χ2v) is 37.1. The van der Waals surface area contributed by atoms with Crippen molar-refractivity contribution in [3.05, 3.63) is 325 Å². The molecule has 0 saturated carbocycles. The van der Waals surface area contributed by atoms with E-state index in [9.17, 15) is 61.7 Å². The molecule has 0 saturated heterocycles. The molecular weight excluding hydrogens is 1950 g/mol. The summed E-state index contributed by atoms with van der Waals surface area (Å²) in [7, 11) is 4.70. The summed E-state index contributed by atoms with van der Waals surface area (Å²) in [6.07, 6.45) is 28.0. The Labute approximate surface area is 850 Å². The minimum Gasteiger partial charge on any atom is -0.343 e. The molecule has 0 radical (unpaired) electrons. The van der Waals surface area contributed by atoms with Gasteiger partial charge in [0.15, 0.2) is 46.3 Å². The zero-order valence-electron chi connectivity index (χ0n) is 79.4. The van der Waals surface area contributed by atoms with Crippen molar-refractivity contribution in [2.24, 2.45) is 7.05 Å². The number of unbranched alkanes of at least 4 members (excludes halogenated alkanes) is 1. The fourth-order valence-electron chi connectivity index (χ4n) is 14.1. The van der Waals surface area contributed by atoms with Crippen LogP contribution in [-0.2, 0) is 88.3 Å². The third kappa shape index (κ3) is 36.0. The highest BCUT2D eigenvalue weighted by Gasteiger charge is 2.27. The van der Waals surface area contributed by atoms with E-state index < -0.39 is 52.7 Å². The molecule has 0 spiro atoms. The third-order valence-electron chi connectivity index (χ3n) is 21.8. The summed E-state index contributed by atoms with van der Waals surface area (Å²) in [6.45, 7) is 6.86. The number of amides is 4. The second-order valence-electron chi connectivity index (χ2n) is 32.8. The number of hydrogen-bond donors (Lipinski definition) is 4. The highest BCUT2D eigenvalue weighted by Crippen LogP contribution is 2.27. The molecule has 42 heteroatoms. The number of ketones is 8. The lowest BCUT2D eigenvalue weighted by atomic mass is 9.98. The molecule has 4 N–H and O–H groups in total. The Bertz CT molecular complexity index is 6720. The van der Waals surface area contributed by atoms with Gasteiger partial charge in [0.1, 0.15) is 25.3 Å². The van der Waals surface area contributed by atoms with E-state index in [0.717, 1.165) is 53.1 Å². The molecule has 0 aliphatic heterocycles. The lowest BCUT2D eigenvalue weighted by Crippen LogP contribution is -2.42. The van der Waals surface area contributed by atoms with E-state index in [0.29, 0.717) is 100 Å². The second kappa shape index (κ2) is 55.9. The first-order chi connectivity index (χ1) is 68.6. The number of carbonyl (C=O) groups is 12. The van der Waals surface area contributed by atoms with Crippen LogP contribution in [0.2, 0.25) is 20.1 Å². The van der Waals surface area contributed by atoms with Crippen LogP contribution in [0.3, 0.4) is 0 Å². The molecule has 36 nitrogen and oxygen atoms in total. The number of nitrogens with one attached hydrogen (secondary N) is 4. The fraction of sp³-hybridized carbons (Fsp3) is 0.257. The highest BCUT2D eigenvalue weighted by atomic mass is 35.5. The van der Waals surface area contributed by atoms with E-state index in [2.05, 4.69) is 93.3 Å². The molecule has 5 heterocycles. The normalized spacial score (nSPS) is 12.2. The largest absolute Gasteiger partial charge is 0.343 e. The van der Waals surface area contributed by atoms with Gasteiger partial charge in [-0.2, -0.15) is 30.5 Å². The molecular formula is C101H103Cl4N23O13S2. The van der Waals surface area contributed by atoms with Crippen LogP contribution in [0.1, 0.15) is 151 Å². The molecule has 1 unspecified atom stereocenters. The molecule has 13 aromatic rings. The number of nitrogens with zero attached hydrogens (tertiary/aromatic N) is 19. The average molecular weight is 2050 g/mol. The molecule has 8 aromatic carbocycles. The van der Waals surface area contributed by atoms with Gasteiger partial charge in [0.05, 0.1) is 53.2 Å². The van der Waals surface area contributed by atoms with Crippen molar-refractivity contribution in [2.45, 2.75) is 116 Å². The number of benzene rings is 8. The summed E-state index contributed by atoms with van der Waals surface area (Å²) in [5.41, 5.74) is 11.2. The quantitative estimate of drug-likeness (QED) is 0.0156. The Kier molecular flexibility index (Phi) is 43.0. The predicted molar refractivity (Wildman–Crippen MR) is 547 cm³/mol. The maximum Gasteiger partial charge on any atom is 0.244 e. The van der Waals surface area contributed by atoms with E-state index in [-0.39, 0.29) is 96.5 Å². The van der Waals surface area contributed by atoms with Crippen molar-refractivity contribution in [3.8, 4) is 22.7 Å². The number of aromatic nitrogens is 18. The Balaban J connectivity index is 0.000000196. The molecule has 5 atom stereocenters. The first-order valence-corrected chi connectivity index (χ1v) is 49.2. The van der Waals surface area contributed by atoms with Gasteiger partial charge in [-0.05, 0) is 254 Å². The number of hydrogen-bond acceptors (Lipinski definition) is 28. The Morgan fingerprint density at radius 3 is 0.937 bits per heavy atom. The first-order valence-electron chi connectivity index (χ1n) is 44.6. The summed E-state index contributed by atoms with van der Waals surface area (Å²) in [5.74, 6) is -1.46. The topological polar surface area (TPSA) is 465 Å². The monoisotopic (exact) mass is 2050 g/mol. The first kappa shape index (κ1) is 110. The number of imidazole rings is 1. The fourth-order valence-corrected chi connectivity index (χ4v) is 15.9. The van der Waals surface area contributed by atoms with Crippen molar-refractivity contribution >= 4 is 163 Å². The molecule has 4 amide bonds. The molecule has 5 aromatic heterocycles. The molecule has 0 fully saturated rings. The lowest BCUT2D eigenvalue weighted by molar-refractivity contribution is -0.125. The summed E-state index contributed by atoms with van der Waals surface area (Å²) in [6, 6.07) is 45.2. The molecule has 143 heavy (non-hydrogen) atoms. The Morgan fingerprint density at radius 2 is 0.678 bits per heavy atom. The van der Waals surface area contributed by atoms with Gasteiger partial charge in [-0.15, -0.1) is 20.4 Å².